The zero-order chi connectivity index (χ0) is 25.9. The molecule has 1 aromatic rings. The van der Waals surface area contributed by atoms with E-state index in [1.54, 1.807) is 74.7 Å². The number of hydrogen-bond donors (Lipinski definition) is 0. The van der Waals surface area contributed by atoms with Crippen LogP contribution in [0.25, 0.3) is 0 Å². The third-order valence-corrected chi connectivity index (χ3v) is 4.54. The lowest BCUT2D eigenvalue weighted by atomic mass is 9.72. The standard InChI is InChI=1S/C24H37N3O7/c1-22(2,3)32-19(28)27(20(29)33-23(4,5)6)18-25-12-17(13-26-18)16-10-15(11-16)14-31-21(30)34-24(7,8)9/h12-13,15-16H,10-11,14H2,1-9H3. The summed E-state index contributed by atoms with van der Waals surface area (Å²) in [5.74, 6) is 0.284. The van der Waals surface area contributed by atoms with Gasteiger partial charge in [0.05, 0.1) is 6.61 Å². The Morgan fingerprint density at radius 2 is 1.26 bits per heavy atom. The number of imide groups is 1. The fourth-order valence-corrected chi connectivity index (χ4v) is 3.12. The SMILES string of the molecule is CC(C)(C)OC(=O)OCC1CC(c2cnc(N(C(=O)OC(C)(C)C)C(=O)OC(C)(C)C)nc2)C1. The maximum absolute atomic E-state index is 12.7. The molecule has 0 radical (unpaired) electrons. The van der Waals surface area contributed by atoms with Gasteiger partial charge in [-0.05, 0) is 92.6 Å². The van der Waals surface area contributed by atoms with E-state index in [4.69, 9.17) is 18.9 Å². The third-order valence-electron chi connectivity index (χ3n) is 4.54. The zero-order valence-corrected chi connectivity index (χ0v) is 21.6. The molecule has 0 N–H and O–H groups in total. The Balaban J connectivity index is 2.01. The van der Waals surface area contributed by atoms with E-state index in [1.165, 1.54) is 0 Å². The Bertz CT molecular complexity index is 846. The van der Waals surface area contributed by atoms with Gasteiger partial charge in [-0.2, -0.15) is 0 Å². The van der Waals surface area contributed by atoms with Gasteiger partial charge in [-0.15, -0.1) is 4.90 Å². The molecule has 0 unspecified atom stereocenters. The summed E-state index contributed by atoms with van der Waals surface area (Å²) in [5, 5.41) is 0. The van der Waals surface area contributed by atoms with Crippen molar-refractivity contribution >= 4 is 24.3 Å². The molecular weight excluding hydrogens is 442 g/mol. The molecular formula is C24H37N3O7. The average Bonchev–Trinajstić information content (AvgIpc) is 2.57. The highest BCUT2D eigenvalue weighted by molar-refractivity contribution is 6.08. The Morgan fingerprint density at radius 1 is 0.824 bits per heavy atom. The number of rotatable bonds is 4. The lowest BCUT2D eigenvalue weighted by Gasteiger charge is -2.35. The van der Waals surface area contributed by atoms with Gasteiger partial charge in [-0.1, -0.05) is 0 Å². The number of ether oxygens (including phenoxy) is 4. The highest BCUT2D eigenvalue weighted by atomic mass is 16.7. The van der Waals surface area contributed by atoms with Crippen molar-refractivity contribution in [1.29, 1.82) is 0 Å². The Morgan fingerprint density at radius 3 is 1.68 bits per heavy atom. The van der Waals surface area contributed by atoms with Gasteiger partial charge in [0, 0.05) is 12.4 Å². The summed E-state index contributed by atoms with van der Waals surface area (Å²) in [6, 6.07) is 0. The number of hydrogen-bond acceptors (Lipinski definition) is 9. The minimum atomic E-state index is -0.919. The van der Waals surface area contributed by atoms with Crippen LogP contribution in [0.15, 0.2) is 12.4 Å². The minimum Gasteiger partial charge on any atom is -0.443 e. The summed E-state index contributed by atoms with van der Waals surface area (Å²) in [6.07, 6.45) is 2.25. The number of aromatic nitrogens is 2. The number of carbonyl (C=O) groups is 3. The Labute approximate surface area is 201 Å². The van der Waals surface area contributed by atoms with Crippen molar-refractivity contribution in [3.63, 3.8) is 0 Å². The number of anilines is 1. The van der Waals surface area contributed by atoms with Gasteiger partial charge in [0.2, 0.25) is 5.95 Å². The Kier molecular flexibility index (Phi) is 8.16. The molecule has 10 nitrogen and oxygen atoms in total. The number of nitrogens with zero attached hydrogens (tertiary/aromatic N) is 3. The van der Waals surface area contributed by atoms with Crippen molar-refractivity contribution in [2.75, 3.05) is 11.5 Å². The normalized spacial score (nSPS) is 18.4. The molecule has 1 aliphatic rings. The van der Waals surface area contributed by atoms with E-state index < -0.39 is 35.1 Å². The summed E-state index contributed by atoms with van der Waals surface area (Å²) >= 11 is 0. The van der Waals surface area contributed by atoms with Crippen LogP contribution in [0.1, 0.15) is 86.6 Å². The van der Waals surface area contributed by atoms with Gasteiger partial charge in [0.1, 0.15) is 16.8 Å². The molecule has 1 aliphatic carbocycles. The second-order valence-corrected chi connectivity index (χ2v) is 11.4. The van der Waals surface area contributed by atoms with Gasteiger partial charge in [0.15, 0.2) is 0 Å². The molecule has 0 saturated heterocycles. The summed E-state index contributed by atoms with van der Waals surface area (Å²) in [5.41, 5.74) is -1.37. The predicted molar refractivity (Wildman–Crippen MR) is 125 cm³/mol. The zero-order valence-electron chi connectivity index (χ0n) is 21.6. The molecule has 0 bridgehead atoms. The fraction of sp³-hybridized carbons (Fsp3) is 0.708. The first kappa shape index (κ1) is 27.3. The van der Waals surface area contributed by atoms with Crippen molar-refractivity contribution in [3.8, 4) is 0 Å². The van der Waals surface area contributed by atoms with Crippen molar-refractivity contribution in [1.82, 2.24) is 9.97 Å². The molecule has 10 heteroatoms. The first-order valence-corrected chi connectivity index (χ1v) is 11.4. The molecule has 34 heavy (non-hydrogen) atoms. The van der Waals surface area contributed by atoms with Gasteiger partial charge >= 0.3 is 18.3 Å². The van der Waals surface area contributed by atoms with E-state index in [0.717, 1.165) is 18.4 Å². The first-order chi connectivity index (χ1) is 15.4. The monoisotopic (exact) mass is 479 g/mol. The molecule has 1 heterocycles. The van der Waals surface area contributed by atoms with E-state index >= 15 is 0 Å². The van der Waals surface area contributed by atoms with Crippen LogP contribution in [0.4, 0.5) is 20.3 Å². The van der Waals surface area contributed by atoms with Crippen molar-refractivity contribution in [3.05, 3.63) is 18.0 Å². The molecule has 190 valence electrons. The van der Waals surface area contributed by atoms with Crippen LogP contribution in [0, 0.1) is 5.92 Å². The second-order valence-electron chi connectivity index (χ2n) is 11.4. The minimum absolute atomic E-state index is 0.128. The molecule has 1 saturated carbocycles. The van der Waals surface area contributed by atoms with Crippen LogP contribution in [-0.2, 0) is 18.9 Å². The summed E-state index contributed by atoms with van der Waals surface area (Å²) in [7, 11) is 0. The first-order valence-electron chi connectivity index (χ1n) is 11.4. The van der Waals surface area contributed by atoms with Gasteiger partial charge in [-0.3, -0.25) is 0 Å². The molecule has 0 aromatic carbocycles. The quantitative estimate of drug-likeness (QED) is 0.402. The van der Waals surface area contributed by atoms with E-state index in [-0.39, 0.29) is 24.4 Å². The smallest absolute Gasteiger partial charge is 0.443 e. The van der Waals surface area contributed by atoms with Crippen molar-refractivity contribution in [2.45, 2.75) is 97.9 Å². The summed E-state index contributed by atoms with van der Waals surface area (Å²) in [6.45, 7) is 15.8. The molecule has 0 atom stereocenters. The molecule has 1 fully saturated rings. The molecule has 0 spiro atoms. The highest BCUT2D eigenvalue weighted by Gasteiger charge is 2.36. The molecule has 2 rings (SSSR count). The fourth-order valence-electron chi connectivity index (χ4n) is 3.12. The topological polar surface area (TPSA) is 117 Å². The average molecular weight is 480 g/mol. The molecule has 2 amide bonds. The van der Waals surface area contributed by atoms with E-state index in [2.05, 4.69) is 9.97 Å². The van der Waals surface area contributed by atoms with E-state index in [1.807, 2.05) is 0 Å². The van der Waals surface area contributed by atoms with Crippen LogP contribution < -0.4 is 4.90 Å². The predicted octanol–water partition coefficient (Wildman–Crippen LogP) is 5.60. The number of carbonyl (C=O) groups excluding carboxylic acids is 3. The van der Waals surface area contributed by atoms with Crippen molar-refractivity contribution < 1.29 is 33.3 Å². The third kappa shape index (κ3) is 8.79. The molecule has 1 aromatic heterocycles. The maximum Gasteiger partial charge on any atom is 0.508 e. The van der Waals surface area contributed by atoms with Crippen LogP contribution in [-0.4, -0.2) is 51.7 Å². The summed E-state index contributed by atoms with van der Waals surface area (Å²) in [4.78, 5) is 46.3. The maximum atomic E-state index is 12.7. The van der Waals surface area contributed by atoms with E-state index in [0.29, 0.717) is 4.90 Å². The van der Waals surface area contributed by atoms with Crippen LogP contribution in [0.5, 0.6) is 0 Å². The molecule has 0 aliphatic heterocycles. The lowest BCUT2D eigenvalue weighted by Crippen LogP contribution is -2.44. The van der Waals surface area contributed by atoms with Gasteiger partial charge in [-0.25, -0.2) is 24.4 Å². The van der Waals surface area contributed by atoms with Crippen molar-refractivity contribution in [2.24, 2.45) is 5.92 Å². The number of amides is 2. The van der Waals surface area contributed by atoms with Gasteiger partial charge < -0.3 is 18.9 Å². The van der Waals surface area contributed by atoms with E-state index in [9.17, 15) is 14.4 Å². The van der Waals surface area contributed by atoms with Crippen LogP contribution in [0.2, 0.25) is 0 Å². The Hall–Kier alpha value is -2.91. The lowest BCUT2D eigenvalue weighted by molar-refractivity contribution is -0.0198. The highest BCUT2D eigenvalue weighted by Crippen LogP contribution is 2.41. The van der Waals surface area contributed by atoms with Crippen LogP contribution >= 0.6 is 0 Å². The largest absolute Gasteiger partial charge is 0.508 e. The van der Waals surface area contributed by atoms with Crippen LogP contribution in [0.3, 0.4) is 0 Å². The second kappa shape index (κ2) is 10.1. The van der Waals surface area contributed by atoms with Gasteiger partial charge in [0.25, 0.3) is 0 Å². The summed E-state index contributed by atoms with van der Waals surface area (Å²) < 4.78 is 21.0.